The molecule has 0 saturated carbocycles. The summed E-state index contributed by atoms with van der Waals surface area (Å²) in [6.07, 6.45) is -2.40. The van der Waals surface area contributed by atoms with E-state index in [4.69, 9.17) is 0 Å². The van der Waals surface area contributed by atoms with Gasteiger partial charge in [-0.2, -0.15) is 0 Å². The average molecular weight is 905 g/mol. The highest BCUT2D eigenvalue weighted by atomic mass is 32.2. The number of thioether (sulfide) groups is 1. The number of carbonyl (C=O) groups excluding carboxylic acids is 6. The fourth-order valence-electron chi connectivity index (χ4n) is 7.24. The molecule has 0 fully saturated rings. The molecule has 4 aromatic rings. The molecule has 1 unspecified atom stereocenters. The molecule has 16 nitrogen and oxygen atoms in total. The van der Waals surface area contributed by atoms with Crippen molar-refractivity contribution in [2.24, 2.45) is 0 Å². The van der Waals surface area contributed by atoms with Crippen molar-refractivity contribution < 1.29 is 48.9 Å². The van der Waals surface area contributed by atoms with Gasteiger partial charge in [-0.3, -0.25) is 28.8 Å². The largest absolute Gasteiger partial charge is 0.480 e. The van der Waals surface area contributed by atoms with E-state index in [1.165, 1.54) is 49.9 Å². The van der Waals surface area contributed by atoms with Crippen molar-refractivity contribution in [2.45, 2.75) is 93.1 Å². The fraction of sp³-hybridized carbons (Fsp3) is 0.312. The number of fused-ring (bicyclic) bond motifs is 18. The maximum absolute atomic E-state index is 14.6. The zero-order valence-electron chi connectivity index (χ0n) is 35.7. The summed E-state index contributed by atoms with van der Waals surface area (Å²) < 4.78 is 0. The number of hydrogen-bond donors (Lipinski definition) is 9. The number of nitrogens with one attached hydrogen (secondary N) is 6. The van der Waals surface area contributed by atoms with Crippen molar-refractivity contribution in [3.8, 4) is 11.1 Å². The van der Waals surface area contributed by atoms with Crippen LogP contribution in [0.2, 0.25) is 0 Å². The number of aliphatic carboxylic acids is 1. The Balaban J connectivity index is 1.39. The minimum Gasteiger partial charge on any atom is -0.480 e. The minimum absolute atomic E-state index is 0.0396. The second-order valence-corrected chi connectivity index (χ2v) is 17.7. The van der Waals surface area contributed by atoms with Crippen LogP contribution in [0.15, 0.2) is 121 Å². The van der Waals surface area contributed by atoms with Crippen LogP contribution >= 0.6 is 11.8 Å². The third-order valence-electron chi connectivity index (χ3n) is 11.0. The number of aliphatic hydroxyl groups excluding tert-OH is 2. The molecule has 65 heavy (non-hydrogen) atoms. The van der Waals surface area contributed by atoms with Crippen LogP contribution in [-0.2, 0) is 52.8 Å². The van der Waals surface area contributed by atoms with Crippen LogP contribution in [0.4, 0.5) is 5.69 Å². The molecule has 0 aromatic heterocycles. The van der Waals surface area contributed by atoms with Crippen LogP contribution in [0, 0.1) is 0 Å². The third-order valence-corrected chi connectivity index (χ3v) is 12.2. The Morgan fingerprint density at radius 2 is 1.17 bits per heavy atom. The molecular weight excluding hydrogens is 853 g/mol. The van der Waals surface area contributed by atoms with Gasteiger partial charge >= 0.3 is 5.97 Å². The lowest BCUT2D eigenvalue weighted by Gasteiger charge is -2.29. The fourth-order valence-corrected chi connectivity index (χ4v) is 8.21. The highest BCUT2D eigenvalue weighted by molar-refractivity contribution is 8.03. The van der Waals surface area contributed by atoms with Gasteiger partial charge < -0.3 is 47.2 Å². The van der Waals surface area contributed by atoms with E-state index >= 15 is 0 Å². The lowest BCUT2D eigenvalue weighted by atomic mass is 9.98. The molecule has 7 rings (SSSR count). The molecule has 340 valence electrons. The Morgan fingerprint density at radius 1 is 0.646 bits per heavy atom. The van der Waals surface area contributed by atoms with Gasteiger partial charge in [0.15, 0.2) is 12.2 Å². The molecule has 3 aliphatic rings. The first-order valence-electron chi connectivity index (χ1n) is 21.1. The zero-order chi connectivity index (χ0) is 46.7. The molecule has 0 aliphatic carbocycles. The van der Waals surface area contributed by atoms with Gasteiger partial charge in [0, 0.05) is 30.2 Å². The van der Waals surface area contributed by atoms with Gasteiger partial charge in [-0.25, -0.2) is 4.79 Å². The summed E-state index contributed by atoms with van der Waals surface area (Å²) in [5, 5.41) is 48.8. The van der Waals surface area contributed by atoms with Gasteiger partial charge in [0.1, 0.15) is 29.7 Å². The highest BCUT2D eigenvalue weighted by Crippen LogP contribution is 2.28. The predicted octanol–water partition coefficient (Wildman–Crippen LogP) is 2.38. The molecule has 17 heteroatoms. The molecule has 0 saturated heterocycles. The quantitative estimate of drug-likeness (QED) is 0.105. The van der Waals surface area contributed by atoms with E-state index in [9.17, 15) is 48.9 Å². The van der Waals surface area contributed by atoms with Gasteiger partial charge in [-0.1, -0.05) is 103 Å². The summed E-state index contributed by atoms with van der Waals surface area (Å²) >= 11 is 1.42. The molecule has 0 spiro atoms. The number of benzene rings is 4. The van der Waals surface area contributed by atoms with Crippen LogP contribution in [0.25, 0.3) is 11.1 Å². The van der Waals surface area contributed by atoms with Crippen molar-refractivity contribution in [1.29, 1.82) is 0 Å². The van der Waals surface area contributed by atoms with Crippen LogP contribution in [0.5, 0.6) is 0 Å². The van der Waals surface area contributed by atoms with Gasteiger partial charge in [-0.15, -0.1) is 11.8 Å². The van der Waals surface area contributed by atoms with Crippen molar-refractivity contribution in [3.05, 3.63) is 137 Å². The molecule has 4 aromatic carbocycles. The second-order valence-electron chi connectivity index (χ2n) is 16.5. The van der Waals surface area contributed by atoms with Crippen LogP contribution in [-0.4, -0.2) is 104 Å². The van der Waals surface area contributed by atoms with E-state index in [-0.39, 0.29) is 36.6 Å². The number of anilines is 1. The Hall–Kier alpha value is -6.82. The zero-order valence-corrected chi connectivity index (χ0v) is 36.5. The minimum atomic E-state index is -2.31. The summed E-state index contributed by atoms with van der Waals surface area (Å²) in [6.45, 7) is 2.57. The number of hydrogen-bond acceptors (Lipinski definition) is 10. The van der Waals surface area contributed by atoms with Gasteiger partial charge in [0.2, 0.25) is 23.6 Å². The van der Waals surface area contributed by atoms with Crippen LogP contribution in [0.3, 0.4) is 0 Å². The molecule has 2 bridgehead atoms. The molecule has 9 N–H and O–H groups in total. The first-order valence-corrected chi connectivity index (χ1v) is 22.0. The SMILES string of the molecule is CC(C)(NC(=O)[C@@H]1Cc2ccc(cc2)NC(=O)[C@H](O)[C@@H](O)C(=O)N[C@H](CC2CC=CS2)C(=O)N[C@@H](Cc2ccc(-c3ccccc3)cc2)C(=O)N[C@H](Cc2ccccc2)C(=O)N1)C(=O)O. The third kappa shape index (κ3) is 13.1. The molecule has 0 radical (unpaired) electrons. The number of aliphatic hydroxyl groups is 2. The smallest absolute Gasteiger partial charge is 0.328 e. The first-order chi connectivity index (χ1) is 31.1. The molecule has 7 atom stereocenters. The Kier molecular flexibility index (Phi) is 15.9. The number of carbonyl (C=O) groups is 7. The van der Waals surface area contributed by atoms with Gasteiger partial charge in [-0.05, 0) is 72.0 Å². The highest BCUT2D eigenvalue weighted by Gasteiger charge is 2.37. The van der Waals surface area contributed by atoms with E-state index in [0.29, 0.717) is 23.1 Å². The second kappa shape index (κ2) is 21.7. The Bertz CT molecular complexity index is 2370. The van der Waals surface area contributed by atoms with Gasteiger partial charge in [0.05, 0.1) is 0 Å². The molecule has 3 aliphatic heterocycles. The summed E-state index contributed by atoms with van der Waals surface area (Å²) in [7, 11) is 0. The van der Waals surface area contributed by atoms with Crippen molar-refractivity contribution >= 4 is 58.9 Å². The molecular formula is C48H52N6O10S. The number of amides is 6. The maximum Gasteiger partial charge on any atom is 0.328 e. The Morgan fingerprint density at radius 3 is 1.75 bits per heavy atom. The number of carboxylic acid groups (broad SMARTS) is 1. The average Bonchev–Trinajstić information content (AvgIpc) is 3.81. The van der Waals surface area contributed by atoms with Crippen LogP contribution in [0.1, 0.15) is 43.4 Å². The monoisotopic (exact) mass is 904 g/mol. The number of allylic oxidation sites excluding steroid dienone is 1. The first kappa shape index (κ1) is 47.7. The number of rotatable bonds is 10. The maximum atomic E-state index is 14.6. The van der Waals surface area contributed by atoms with E-state index in [0.717, 1.165) is 11.1 Å². The van der Waals surface area contributed by atoms with Crippen molar-refractivity contribution in [2.75, 3.05) is 5.32 Å². The van der Waals surface area contributed by atoms with Gasteiger partial charge in [0.25, 0.3) is 11.8 Å². The van der Waals surface area contributed by atoms with E-state index in [2.05, 4.69) is 31.9 Å². The lowest BCUT2D eigenvalue weighted by molar-refractivity contribution is -0.146. The summed E-state index contributed by atoms with van der Waals surface area (Å²) in [5.74, 6) is -6.91. The Labute approximate surface area is 380 Å². The van der Waals surface area contributed by atoms with Crippen molar-refractivity contribution in [1.82, 2.24) is 26.6 Å². The molecule has 3 heterocycles. The van der Waals surface area contributed by atoms with E-state index in [1.54, 1.807) is 42.5 Å². The number of carboxylic acids is 1. The summed E-state index contributed by atoms with van der Waals surface area (Å²) in [6, 6.07) is 26.1. The predicted molar refractivity (Wildman–Crippen MR) is 244 cm³/mol. The van der Waals surface area contributed by atoms with E-state index in [1.807, 2.05) is 53.9 Å². The standard InChI is InChI=1S/C48H52N6O10S/c1-48(2,47(63)64)54-44(60)37-26-30-17-21-33(22-18-30)49-45(61)39(55)40(56)46(62)53-38(27-34-14-9-23-65-34)43(59)51-36(25-29-15-19-32(20-16-29)31-12-7-4-8-13-31)41(57)50-35(42(58)52-37)24-28-10-5-3-6-11-28/h3-13,15-23,34-40,55-56H,14,24-27H2,1-2H3,(H,49,61)(H,50,57)(H,51,59)(H,52,58)(H,53,62)(H,54,60)(H,63,64)/t34?,35-,36+,37+,38-,39-,40-/m1/s1. The normalized spacial score (nSPS) is 23.5. The topological polar surface area (TPSA) is 252 Å². The molecule has 6 amide bonds. The van der Waals surface area contributed by atoms with Crippen LogP contribution < -0.4 is 31.9 Å². The summed E-state index contributed by atoms with van der Waals surface area (Å²) in [4.78, 5) is 96.0. The summed E-state index contributed by atoms with van der Waals surface area (Å²) in [5.41, 5.74) is 1.98. The van der Waals surface area contributed by atoms with E-state index < -0.39 is 83.3 Å². The van der Waals surface area contributed by atoms with Crippen molar-refractivity contribution in [3.63, 3.8) is 0 Å². The lowest BCUT2D eigenvalue weighted by Crippen LogP contribution is -2.61.